The molecule has 3 aromatic carbocycles. The van der Waals surface area contributed by atoms with E-state index in [-0.39, 0.29) is 60.1 Å². The Morgan fingerprint density at radius 3 is 2.21 bits per heavy atom. The van der Waals surface area contributed by atoms with Crippen molar-refractivity contribution in [2.24, 2.45) is 0 Å². The number of alkyl halides is 1. The molecule has 5 aromatic rings. The predicted molar refractivity (Wildman–Crippen MR) is 255 cm³/mol. The average molecular weight is 1020 g/mol. The number of piperidine rings is 1. The van der Waals surface area contributed by atoms with Crippen LogP contribution in [0.25, 0.3) is 22.2 Å². The second-order valence-corrected chi connectivity index (χ2v) is 19.2. The van der Waals surface area contributed by atoms with E-state index < -0.39 is 81.3 Å². The zero-order valence-electron chi connectivity index (χ0n) is 38.9. The number of nitrogens with zero attached hydrogens (tertiary/aromatic N) is 5. The van der Waals surface area contributed by atoms with Crippen LogP contribution in [-0.4, -0.2) is 166 Å². The van der Waals surface area contributed by atoms with E-state index in [0.29, 0.717) is 51.0 Å². The van der Waals surface area contributed by atoms with Gasteiger partial charge in [-0.25, -0.2) is 18.2 Å². The van der Waals surface area contributed by atoms with Crippen molar-refractivity contribution in [1.29, 1.82) is 0 Å². The van der Waals surface area contributed by atoms with E-state index in [4.69, 9.17) is 18.9 Å². The minimum absolute atomic E-state index is 0.00940. The summed E-state index contributed by atoms with van der Waals surface area (Å²) in [4.78, 5) is 76.6. The molecule has 23 heteroatoms. The van der Waals surface area contributed by atoms with E-state index in [2.05, 4.69) is 25.1 Å². The minimum atomic E-state index is -4.37. The van der Waals surface area contributed by atoms with Gasteiger partial charge in [-0.1, -0.05) is 12.1 Å². The van der Waals surface area contributed by atoms with Crippen LogP contribution in [0.15, 0.2) is 73.1 Å². The average Bonchev–Trinajstić information content (AvgIpc) is 4.08. The molecule has 3 saturated heterocycles. The molecule has 2 aromatic heterocycles. The molecule has 4 aliphatic rings. The first-order chi connectivity index (χ1) is 34.8. The number of nitrogens with one attached hydrogen (secondary N) is 3. The van der Waals surface area contributed by atoms with Crippen LogP contribution in [0, 0.1) is 11.6 Å². The molecule has 1 unspecified atom stereocenters. The van der Waals surface area contributed by atoms with Crippen LogP contribution in [0.4, 0.5) is 24.5 Å². The van der Waals surface area contributed by atoms with Crippen molar-refractivity contribution in [3.63, 3.8) is 0 Å². The molecule has 0 saturated carbocycles. The first-order valence-corrected chi connectivity index (χ1v) is 24.9. The van der Waals surface area contributed by atoms with E-state index in [9.17, 15) is 36.8 Å². The molecule has 0 aliphatic carbocycles. The fourth-order valence-electron chi connectivity index (χ4n) is 9.02. The monoisotopic (exact) mass is 1020 g/mol. The van der Waals surface area contributed by atoms with Gasteiger partial charge in [-0.3, -0.25) is 43.8 Å². The first kappa shape index (κ1) is 50.2. The number of H-pyrrole nitrogens is 1. The number of halogens is 3. The Labute approximate surface area is 411 Å². The fourth-order valence-corrected chi connectivity index (χ4v) is 10.3. The largest absolute Gasteiger partial charge is 0.491 e. The van der Waals surface area contributed by atoms with Gasteiger partial charge < -0.3 is 28.8 Å². The van der Waals surface area contributed by atoms with Crippen LogP contribution >= 0.6 is 0 Å². The number of aromatic nitrogens is 2. The Bertz CT molecular complexity index is 2990. The molecule has 0 radical (unpaired) electrons. The predicted octanol–water partition coefficient (Wildman–Crippen LogP) is 4.09. The quantitative estimate of drug-likeness (QED) is 0.0536. The number of piperazine rings is 1. The highest BCUT2D eigenvalue weighted by atomic mass is 32.2. The van der Waals surface area contributed by atoms with Gasteiger partial charge >= 0.3 is 10.2 Å². The van der Waals surface area contributed by atoms with E-state index in [1.165, 1.54) is 6.20 Å². The van der Waals surface area contributed by atoms with Crippen molar-refractivity contribution in [3.8, 4) is 16.9 Å². The van der Waals surface area contributed by atoms with E-state index in [0.717, 1.165) is 65.3 Å². The molecule has 3 fully saturated rings. The molecule has 0 spiro atoms. The zero-order valence-corrected chi connectivity index (χ0v) is 39.7. The number of amides is 4. The van der Waals surface area contributed by atoms with Crippen LogP contribution in [-0.2, 0) is 34.0 Å². The maximum absolute atomic E-state index is 15.7. The molecule has 19 nitrogen and oxygen atoms in total. The summed E-state index contributed by atoms with van der Waals surface area (Å²) in [5.41, 5.74) is 1.25. The third-order valence-electron chi connectivity index (χ3n) is 12.9. The number of fused-ring (bicyclic) bond motifs is 2. The van der Waals surface area contributed by atoms with Gasteiger partial charge in [0.2, 0.25) is 17.6 Å². The topological polar surface area (TPSA) is 222 Å². The second-order valence-electron chi connectivity index (χ2n) is 17.5. The molecule has 380 valence electrons. The number of ketones is 1. The highest BCUT2D eigenvalue weighted by Gasteiger charge is 2.45. The van der Waals surface area contributed by atoms with Crippen LogP contribution < -0.4 is 19.7 Å². The summed E-state index contributed by atoms with van der Waals surface area (Å²) in [6.45, 7) is 5.96. The maximum atomic E-state index is 15.7. The van der Waals surface area contributed by atoms with Crippen molar-refractivity contribution in [2.45, 2.75) is 31.5 Å². The molecular weight excluding hydrogens is 966 g/mol. The molecule has 2 atom stereocenters. The molecule has 0 bridgehead atoms. The lowest BCUT2D eigenvalue weighted by Crippen LogP contribution is -2.54. The second kappa shape index (κ2) is 21.9. The number of aromatic amines is 1. The van der Waals surface area contributed by atoms with Crippen molar-refractivity contribution in [2.75, 3.05) is 102 Å². The Hall–Kier alpha value is -6.76. The van der Waals surface area contributed by atoms with Crippen molar-refractivity contribution in [1.82, 2.24) is 29.4 Å². The number of pyridine rings is 1. The third-order valence-corrected chi connectivity index (χ3v) is 14.4. The highest BCUT2D eigenvalue weighted by Crippen LogP contribution is 2.33. The Morgan fingerprint density at radius 2 is 1.50 bits per heavy atom. The van der Waals surface area contributed by atoms with Crippen LogP contribution in [0.5, 0.6) is 5.75 Å². The standard InChI is InChI=1S/C49H51F3N8O11S/c50-32-11-12-59(29-32)72(66,67)56-40-8-7-39(51)43(44(40)52)45(62)38-28-54-46-36(38)25-31(27-53-46)30-1-4-34(5-2-30)71-24-23-70-22-21-69-20-19-68-18-17-57-13-15-58(16-14-57)33-3-6-35-37(26-33)49(65)60(48(35)64)41-9-10-42(61)55-47(41)63/h1-8,25-28,32,41,56H,9-24,29H2,(H,53,54)(H,55,61,63)/t32-,41?/m1/s1. The highest BCUT2D eigenvalue weighted by molar-refractivity contribution is 7.90. The number of imide groups is 2. The number of carbonyl (C=O) groups is 5. The van der Waals surface area contributed by atoms with Gasteiger partial charge in [-0.2, -0.15) is 12.7 Å². The number of benzene rings is 3. The van der Waals surface area contributed by atoms with Gasteiger partial charge in [-0.05, 0) is 66.9 Å². The summed E-state index contributed by atoms with van der Waals surface area (Å²) in [6, 6.07) is 14.6. The summed E-state index contributed by atoms with van der Waals surface area (Å²) in [5, 5.41) is 2.50. The van der Waals surface area contributed by atoms with Crippen LogP contribution in [0.3, 0.4) is 0 Å². The molecule has 9 rings (SSSR count). The fraction of sp³-hybridized carbons (Fsp3) is 0.388. The summed E-state index contributed by atoms with van der Waals surface area (Å²) >= 11 is 0. The minimum Gasteiger partial charge on any atom is -0.491 e. The molecule has 72 heavy (non-hydrogen) atoms. The smallest absolute Gasteiger partial charge is 0.301 e. The van der Waals surface area contributed by atoms with Gasteiger partial charge in [-0.15, -0.1) is 0 Å². The Balaban J connectivity index is 0.645. The lowest BCUT2D eigenvalue weighted by molar-refractivity contribution is -0.136. The number of anilines is 2. The first-order valence-electron chi connectivity index (χ1n) is 23.5. The van der Waals surface area contributed by atoms with Crippen LogP contribution in [0.1, 0.15) is 55.9 Å². The Morgan fingerprint density at radius 1 is 0.792 bits per heavy atom. The lowest BCUT2D eigenvalue weighted by atomic mass is 10.00. The SMILES string of the molecule is O=C1CCC(N2C(=O)c3ccc(N4CCN(CCOCCOCCOCCOc5ccc(-c6cnc7[nH]cc(C(=O)c8c(F)ccc(NS(=O)(=O)N9CC[C@@H](F)C9)c8F)c7c6)cc5)CC4)cc3C2=O)C(=O)N1. The number of rotatable bonds is 21. The van der Waals surface area contributed by atoms with Crippen molar-refractivity contribution < 1.29 is 64.5 Å². The molecule has 3 N–H and O–H groups in total. The van der Waals surface area contributed by atoms with Crippen LogP contribution in [0.2, 0.25) is 0 Å². The Kier molecular flexibility index (Phi) is 15.3. The van der Waals surface area contributed by atoms with E-state index >= 15 is 8.78 Å². The normalized spacial score (nSPS) is 18.8. The number of ether oxygens (including phenoxy) is 4. The van der Waals surface area contributed by atoms with Crippen molar-refractivity contribution >= 4 is 62.0 Å². The molecule has 4 aliphatic heterocycles. The summed E-state index contributed by atoms with van der Waals surface area (Å²) in [7, 11) is -4.37. The van der Waals surface area contributed by atoms with Gasteiger partial charge in [0.05, 0.1) is 62.0 Å². The maximum Gasteiger partial charge on any atom is 0.301 e. The van der Waals surface area contributed by atoms with Gasteiger partial charge in [0.15, 0.2) is 5.82 Å². The summed E-state index contributed by atoms with van der Waals surface area (Å²) < 4.78 is 95.6. The zero-order chi connectivity index (χ0) is 50.5. The number of hydrogen-bond donors (Lipinski definition) is 3. The summed E-state index contributed by atoms with van der Waals surface area (Å²) in [6.07, 6.45) is 1.66. The van der Waals surface area contributed by atoms with Gasteiger partial charge in [0.1, 0.15) is 36.0 Å². The number of hydrogen-bond acceptors (Lipinski definition) is 14. The van der Waals surface area contributed by atoms with E-state index in [1.54, 1.807) is 48.7 Å². The van der Waals surface area contributed by atoms with E-state index in [1.807, 2.05) is 10.8 Å². The van der Waals surface area contributed by atoms with Gasteiger partial charge in [0.25, 0.3) is 11.8 Å². The third kappa shape index (κ3) is 11.0. The summed E-state index contributed by atoms with van der Waals surface area (Å²) in [5.74, 6) is -5.16. The molecular formula is C49H51F3N8O11S. The van der Waals surface area contributed by atoms with Gasteiger partial charge in [0, 0.05) is 86.8 Å². The lowest BCUT2D eigenvalue weighted by Gasteiger charge is -2.36. The number of carbonyl (C=O) groups excluding carboxylic acids is 5. The van der Waals surface area contributed by atoms with Crippen molar-refractivity contribution in [3.05, 3.63) is 107 Å². The molecule has 4 amide bonds. The molecule has 6 heterocycles.